The first kappa shape index (κ1) is 33.1. The lowest BCUT2D eigenvalue weighted by molar-refractivity contribution is 0.621. The van der Waals surface area contributed by atoms with E-state index < -0.39 is 0 Å². The maximum atomic E-state index is 6.51. The zero-order valence-corrected chi connectivity index (χ0v) is 30.6. The quantitative estimate of drug-likeness (QED) is 0.157. The number of hydrogen-bond acceptors (Lipinski definition) is 3. The van der Waals surface area contributed by atoms with E-state index in [1.165, 1.54) is 22.3 Å². The molecule has 0 aliphatic carbocycles. The second-order valence-corrected chi connectivity index (χ2v) is 14.0. The highest BCUT2D eigenvalue weighted by Gasteiger charge is 2.18. The summed E-state index contributed by atoms with van der Waals surface area (Å²) >= 11 is 0. The molecular weight excluding hydrogens is 681 g/mol. The van der Waals surface area contributed by atoms with Gasteiger partial charge in [-0.05, 0) is 98.9 Å². The van der Waals surface area contributed by atoms with Crippen molar-refractivity contribution in [3.05, 3.63) is 218 Å². The van der Waals surface area contributed by atoms with Gasteiger partial charge in [-0.3, -0.25) is 0 Å². The minimum Gasteiger partial charge on any atom is -0.435 e. The van der Waals surface area contributed by atoms with Gasteiger partial charge in [0.25, 0.3) is 0 Å². The van der Waals surface area contributed by atoms with Crippen molar-refractivity contribution >= 4 is 38.9 Å². The Morgan fingerprint density at radius 3 is 1.20 bits per heavy atom. The van der Waals surface area contributed by atoms with Crippen molar-refractivity contribution in [1.29, 1.82) is 0 Å². The molecule has 3 nitrogen and oxygen atoms in total. The smallest absolute Gasteiger partial charge is 0.227 e. The number of rotatable bonds is 8. The highest BCUT2D eigenvalue weighted by Crippen LogP contribution is 2.40. The molecule has 0 radical (unpaired) electrons. The average Bonchev–Trinajstić information content (AvgIpc) is 3.74. The predicted molar refractivity (Wildman–Crippen MR) is 233 cm³/mol. The minimum absolute atomic E-state index is 0.628. The third-order valence-electron chi connectivity index (χ3n) is 10.5. The van der Waals surface area contributed by atoms with E-state index in [9.17, 15) is 0 Å². The Kier molecular flexibility index (Phi) is 8.51. The number of fused-ring (bicyclic) bond motifs is 3. The van der Waals surface area contributed by atoms with E-state index in [0.29, 0.717) is 5.89 Å². The molecule has 0 amide bonds. The fourth-order valence-corrected chi connectivity index (χ4v) is 7.62. The number of oxazole rings is 1. The summed E-state index contributed by atoms with van der Waals surface area (Å²) in [5, 5.41) is 2.22. The van der Waals surface area contributed by atoms with Crippen molar-refractivity contribution in [3.63, 3.8) is 0 Å². The van der Waals surface area contributed by atoms with E-state index in [4.69, 9.17) is 9.40 Å². The summed E-state index contributed by atoms with van der Waals surface area (Å²) in [4.78, 5) is 7.32. The topological polar surface area (TPSA) is 29.3 Å². The molecule has 56 heavy (non-hydrogen) atoms. The van der Waals surface area contributed by atoms with Gasteiger partial charge in [-0.25, -0.2) is 4.98 Å². The molecule has 10 aromatic rings. The number of benzene rings is 9. The van der Waals surface area contributed by atoms with Gasteiger partial charge in [0.2, 0.25) is 5.89 Å². The van der Waals surface area contributed by atoms with E-state index in [1.54, 1.807) is 0 Å². The molecule has 10 rings (SSSR count). The first-order valence-corrected chi connectivity index (χ1v) is 18.9. The Morgan fingerprint density at radius 1 is 0.339 bits per heavy atom. The lowest BCUT2D eigenvalue weighted by Gasteiger charge is -2.26. The third-order valence-corrected chi connectivity index (χ3v) is 10.5. The lowest BCUT2D eigenvalue weighted by atomic mass is 9.97. The Labute approximate surface area is 326 Å². The van der Waals surface area contributed by atoms with Crippen molar-refractivity contribution in [2.45, 2.75) is 0 Å². The highest BCUT2D eigenvalue weighted by atomic mass is 16.3. The Morgan fingerprint density at radius 2 is 0.714 bits per heavy atom. The van der Waals surface area contributed by atoms with Crippen LogP contribution in [0.1, 0.15) is 0 Å². The number of nitrogens with zero attached hydrogens (tertiary/aromatic N) is 2. The molecule has 0 saturated heterocycles. The number of hydrogen-bond donors (Lipinski definition) is 0. The van der Waals surface area contributed by atoms with E-state index in [0.717, 1.165) is 66.8 Å². The van der Waals surface area contributed by atoms with Crippen molar-refractivity contribution in [2.75, 3.05) is 4.90 Å². The summed E-state index contributed by atoms with van der Waals surface area (Å²) in [5.41, 5.74) is 15.1. The summed E-state index contributed by atoms with van der Waals surface area (Å²) in [6.07, 6.45) is 0. The van der Waals surface area contributed by atoms with Crippen LogP contribution in [-0.2, 0) is 0 Å². The van der Waals surface area contributed by atoms with Crippen molar-refractivity contribution in [2.24, 2.45) is 0 Å². The molecule has 3 heteroatoms. The molecule has 0 fully saturated rings. The van der Waals surface area contributed by atoms with Crippen LogP contribution in [0.3, 0.4) is 0 Å². The predicted octanol–water partition coefficient (Wildman–Crippen LogP) is 14.8. The van der Waals surface area contributed by atoms with Crippen LogP contribution in [-0.4, -0.2) is 4.98 Å². The Bertz CT molecular complexity index is 2820. The van der Waals surface area contributed by atoms with Crippen LogP contribution in [0.4, 0.5) is 17.1 Å². The van der Waals surface area contributed by atoms with Crippen LogP contribution in [0.5, 0.6) is 0 Å². The summed E-state index contributed by atoms with van der Waals surface area (Å²) < 4.78 is 6.51. The number of anilines is 3. The van der Waals surface area contributed by atoms with Gasteiger partial charge in [-0.15, -0.1) is 0 Å². The van der Waals surface area contributed by atoms with Crippen LogP contribution >= 0.6 is 0 Å². The Balaban J connectivity index is 0.984. The maximum Gasteiger partial charge on any atom is 0.227 e. The van der Waals surface area contributed by atoms with E-state index >= 15 is 0 Å². The van der Waals surface area contributed by atoms with E-state index in [2.05, 4.69) is 193 Å². The van der Waals surface area contributed by atoms with Crippen LogP contribution in [0.2, 0.25) is 0 Å². The molecular formula is C53H36N2O. The molecule has 0 saturated carbocycles. The van der Waals surface area contributed by atoms with Crippen LogP contribution in [0.25, 0.3) is 77.8 Å². The molecule has 0 aliphatic rings. The average molecular weight is 717 g/mol. The first-order chi connectivity index (χ1) is 27.7. The SMILES string of the molecule is c1ccc(-c2ccc(N(c3ccc(-c4ccccc4)cc3)c3ccc(-c4ccc(-c5cc6ccccc6c6nc(-c7ccccc7)oc56)cc4)cc3)cc2)cc1. The molecule has 264 valence electrons. The molecule has 9 aromatic carbocycles. The zero-order chi connectivity index (χ0) is 37.3. The molecule has 0 bridgehead atoms. The summed E-state index contributed by atoms with van der Waals surface area (Å²) in [6, 6.07) is 77.0. The molecule has 1 heterocycles. The van der Waals surface area contributed by atoms with Gasteiger partial charge in [0.15, 0.2) is 5.58 Å². The largest absolute Gasteiger partial charge is 0.435 e. The molecule has 0 atom stereocenters. The van der Waals surface area contributed by atoms with Crippen LogP contribution in [0.15, 0.2) is 223 Å². The summed E-state index contributed by atoms with van der Waals surface area (Å²) in [5.74, 6) is 0.628. The summed E-state index contributed by atoms with van der Waals surface area (Å²) in [7, 11) is 0. The van der Waals surface area contributed by atoms with Crippen LogP contribution < -0.4 is 4.90 Å². The normalized spacial score (nSPS) is 11.2. The van der Waals surface area contributed by atoms with Gasteiger partial charge in [0.1, 0.15) is 5.52 Å². The molecule has 0 aliphatic heterocycles. The van der Waals surface area contributed by atoms with Crippen molar-refractivity contribution in [3.8, 4) is 56.0 Å². The highest BCUT2D eigenvalue weighted by molar-refractivity contribution is 6.10. The Hall–Kier alpha value is -7.49. The first-order valence-electron chi connectivity index (χ1n) is 18.9. The van der Waals surface area contributed by atoms with Gasteiger partial charge in [0, 0.05) is 33.6 Å². The van der Waals surface area contributed by atoms with Crippen molar-refractivity contribution in [1.82, 2.24) is 4.98 Å². The fraction of sp³-hybridized carbons (Fsp3) is 0. The molecule has 0 unspecified atom stereocenters. The number of aromatic nitrogens is 1. The standard InChI is InChI=1S/C53H36N2O/c1-4-12-37(13-5-1)40-24-30-46(31-25-40)55(47-32-26-41(27-33-47)38-14-6-2-7-15-38)48-34-28-42(29-35-48)39-20-22-43(23-21-39)50-36-45-18-10-11-19-49(45)51-52(50)56-53(54-51)44-16-8-3-9-17-44/h1-36H. The van der Waals surface area contributed by atoms with Gasteiger partial charge in [0.05, 0.1) is 0 Å². The second kappa shape index (κ2) is 14.4. The zero-order valence-electron chi connectivity index (χ0n) is 30.6. The molecule has 1 aromatic heterocycles. The third kappa shape index (κ3) is 6.31. The van der Waals surface area contributed by atoms with Gasteiger partial charge in [-0.1, -0.05) is 164 Å². The van der Waals surface area contributed by atoms with Crippen LogP contribution in [0, 0.1) is 0 Å². The maximum absolute atomic E-state index is 6.51. The van der Waals surface area contributed by atoms with Gasteiger partial charge < -0.3 is 9.32 Å². The molecule has 0 spiro atoms. The van der Waals surface area contributed by atoms with Crippen molar-refractivity contribution < 1.29 is 4.42 Å². The fourth-order valence-electron chi connectivity index (χ4n) is 7.62. The summed E-state index contributed by atoms with van der Waals surface area (Å²) in [6.45, 7) is 0. The lowest BCUT2D eigenvalue weighted by Crippen LogP contribution is -2.09. The van der Waals surface area contributed by atoms with Gasteiger partial charge in [-0.2, -0.15) is 0 Å². The monoisotopic (exact) mass is 716 g/mol. The second-order valence-electron chi connectivity index (χ2n) is 14.0. The minimum atomic E-state index is 0.628. The molecule has 0 N–H and O–H groups in total. The van der Waals surface area contributed by atoms with Gasteiger partial charge >= 0.3 is 0 Å². The van der Waals surface area contributed by atoms with E-state index in [-0.39, 0.29) is 0 Å². The van der Waals surface area contributed by atoms with E-state index in [1.807, 2.05) is 30.3 Å².